The molecule has 7 nitrogen and oxygen atoms in total. The summed E-state index contributed by atoms with van der Waals surface area (Å²) in [5.74, 6) is -0.0577. The van der Waals surface area contributed by atoms with Crippen molar-refractivity contribution >= 4 is 46.6 Å². The quantitative estimate of drug-likeness (QED) is 0.655. The number of nitrogens with one attached hydrogen (secondary N) is 2. The predicted molar refractivity (Wildman–Crippen MR) is 128 cm³/mol. The van der Waals surface area contributed by atoms with Crippen molar-refractivity contribution in [3.8, 4) is 0 Å². The van der Waals surface area contributed by atoms with Crippen molar-refractivity contribution in [2.24, 2.45) is 5.41 Å². The first kappa shape index (κ1) is 22.8. The van der Waals surface area contributed by atoms with Gasteiger partial charge in [-0.1, -0.05) is 23.2 Å². The van der Waals surface area contributed by atoms with Crippen LogP contribution < -0.4 is 10.6 Å². The molecule has 3 heterocycles. The minimum Gasteiger partial charge on any atom is -0.324 e. The lowest BCUT2D eigenvalue weighted by atomic mass is 9.71. The minimum atomic E-state index is -0.415. The molecule has 3 amide bonds. The van der Waals surface area contributed by atoms with Crippen LogP contribution in [-0.4, -0.2) is 59.9 Å². The van der Waals surface area contributed by atoms with Gasteiger partial charge in [0.1, 0.15) is 5.82 Å². The maximum Gasteiger partial charge on any atom is 0.321 e. The molecule has 1 spiro atoms. The highest BCUT2D eigenvalue weighted by Gasteiger charge is 2.38. The van der Waals surface area contributed by atoms with Gasteiger partial charge in [-0.15, -0.1) is 0 Å². The molecule has 2 aliphatic heterocycles. The topological polar surface area (TPSA) is 77.6 Å². The first-order valence-corrected chi connectivity index (χ1v) is 11.6. The number of likely N-dealkylation sites (tertiary alicyclic amines) is 2. The highest BCUT2D eigenvalue weighted by atomic mass is 35.5. The Kier molecular flexibility index (Phi) is 6.88. The van der Waals surface area contributed by atoms with Crippen LogP contribution in [0.4, 0.5) is 16.3 Å². The lowest BCUT2D eigenvalue weighted by molar-refractivity contribution is 0.0563. The number of carbonyl (C=O) groups excluding carboxylic acids is 2. The van der Waals surface area contributed by atoms with Crippen molar-refractivity contribution in [2.45, 2.75) is 25.7 Å². The molecule has 0 atom stereocenters. The van der Waals surface area contributed by atoms with Crippen molar-refractivity contribution in [3.63, 3.8) is 0 Å². The van der Waals surface area contributed by atoms with Crippen LogP contribution in [0, 0.1) is 5.41 Å². The van der Waals surface area contributed by atoms with Gasteiger partial charge in [0, 0.05) is 24.3 Å². The fourth-order valence-corrected chi connectivity index (χ4v) is 4.70. The van der Waals surface area contributed by atoms with E-state index in [1.165, 1.54) is 25.1 Å². The third-order valence-electron chi connectivity index (χ3n) is 6.60. The summed E-state index contributed by atoms with van der Waals surface area (Å²) in [5.41, 5.74) is 1.04. The van der Waals surface area contributed by atoms with Crippen LogP contribution in [0.5, 0.6) is 0 Å². The van der Waals surface area contributed by atoms with Crippen molar-refractivity contribution in [1.82, 2.24) is 14.8 Å². The normalized spacial score (nSPS) is 18.4. The number of hydrogen-bond donors (Lipinski definition) is 2. The molecule has 2 fully saturated rings. The van der Waals surface area contributed by atoms with Gasteiger partial charge in [-0.05, 0) is 81.6 Å². The number of carbonyl (C=O) groups is 2. The van der Waals surface area contributed by atoms with Gasteiger partial charge in [0.25, 0.3) is 5.91 Å². The minimum absolute atomic E-state index is 0.200. The van der Waals surface area contributed by atoms with Crippen LogP contribution in [0.15, 0.2) is 36.5 Å². The zero-order valence-corrected chi connectivity index (χ0v) is 19.5. The number of pyridine rings is 1. The van der Waals surface area contributed by atoms with Gasteiger partial charge in [0.15, 0.2) is 0 Å². The number of anilines is 2. The van der Waals surface area contributed by atoms with E-state index in [-0.39, 0.29) is 11.6 Å². The Hall–Kier alpha value is -2.35. The highest BCUT2D eigenvalue weighted by molar-refractivity contribution is 6.31. The van der Waals surface area contributed by atoms with Crippen LogP contribution in [0.3, 0.4) is 0 Å². The van der Waals surface area contributed by atoms with E-state index in [0.29, 0.717) is 27.0 Å². The summed E-state index contributed by atoms with van der Waals surface area (Å²) < 4.78 is 0. The maximum absolute atomic E-state index is 13.0. The molecule has 2 aliphatic rings. The summed E-state index contributed by atoms with van der Waals surface area (Å²) in [6.07, 6.45) is 5.87. The van der Waals surface area contributed by atoms with Gasteiger partial charge < -0.3 is 20.4 Å². The molecule has 0 saturated carbocycles. The fourth-order valence-electron chi connectivity index (χ4n) is 4.42. The van der Waals surface area contributed by atoms with Crippen LogP contribution >= 0.6 is 23.2 Å². The molecule has 32 heavy (non-hydrogen) atoms. The summed E-state index contributed by atoms with van der Waals surface area (Å²) in [5, 5.41) is 6.49. The van der Waals surface area contributed by atoms with Crippen molar-refractivity contribution < 1.29 is 9.59 Å². The zero-order chi connectivity index (χ0) is 22.7. The second kappa shape index (κ2) is 9.65. The average molecular weight is 476 g/mol. The summed E-state index contributed by atoms with van der Waals surface area (Å²) >= 11 is 12.0. The van der Waals surface area contributed by atoms with E-state index in [1.807, 2.05) is 4.90 Å². The number of piperidine rings is 2. The van der Waals surface area contributed by atoms with Gasteiger partial charge in [-0.2, -0.15) is 0 Å². The standard InChI is InChI=1S/C23H27Cl2N5O2/c1-29-10-6-23(7-11-29)8-12-30(13-9-23)22(32)27-19-4-2-16(24)14-18(19)21(31)28-20-5-3-17(25)15-26-20/h2-5,14-15H,6-13H2,1H3,(H,27,32)(H,26,28,31). The summed E-state index contributed by atoms with van der Waals surface area (Å²) in [4.78, 5) is 34.1. The number of amides is 3. The van der Waals surface area contributed by atoms with E-state index < -0.39 is 5.91 Å². The second-order valence-corrected chi connectivity index (χ2v) is 9.60. The Morgan fingerprint density at radius 1 is 0.938 bits per heavy atom. The number of urea groups is 1. The van der Waals surface area contributed by atoms with Crippen LogP contribution in [-0.2, 0) is 0 Å². The average Bonchev–Trinajstić information content (AvgIpc) is 2.79. The van der Waals surface area contributed by atoms with Crippen molar-refractivity contribution in [1.29, 1.82) is 0 Å². The largest absolute Gasteiger partial charge is 0.324 e. The Morgan fingerprint density at radius 2 is 1.59 bits per heavy atom. The molecule has 2 saturated heterocycles. The van der Waals surface area contributed by atoms with Crippen LogP contribution in [0.25, 0.3) is 0 Å². The molecule has 170 valence electrons. The second-order valence-electron chi connectivity index (χ2n) is 8.73. The number of aromatic nitrogens is 1. The van der Waals surface area contributed by atoms with Gasteiger partial charge in [0.2, 0.25) is 0 Å². The van der Waals surface area contributed by atoms with Gasteiger partial charge >= 0.3 is 6.03 Å². The number of halogens is 2. The van der Waals surface area contributed by atoms with E-state index >= 15 is 0 Å². The van der Waals surface area contributed by atoms with Gasteiger partial charge in [0.05, 0.1) is 16.3 Å². The lowest BCUT2D eigenvalue weighted by Crippen LogP contribution is -2.48. The highest BCUT2D eigenvalue weighted by Crippen LogP contribution is 2.41. The van der Waals surface area contributed by atoms with Gasteiger partial charge in [-0.3, -0.25) is 4.79 Å². The van der Waals surface area contributed by atoms with Crippen molar-refractivity contribution in [2.75, 3.05) is 43.9 Å². The Morgan fingerprint density at radius 3 is 2.25 bits per heavy atom. The Bertz CT molecular complexity index is 980. The van der Waals surface area contributed by atoms with Crippen molar-refractivity contribution in [3.05, 3.63) is 52.1 Å². The smallest absolute Gasteiger partial charge is 0.321 e. The molecule has 2 N–H and O–H groups in total. The molecule has 0 radical (unpaired) electrons. The Labute approximate surface area is 198 Å². The van der Waals surface area contributed by atoms with E-state index in [9.17, 15) is 9.59 Å². The summed E-state index contributed by atoms with van der Waals surface area (Å²) in [6, 6.07) is 7.87. The van der Waals surface area contributed by atoms with E-state index in [1.54, 1.807) is 24.3 Å². The fraction of sp³-hybridized carbons (Fsp3) is 0.435. The lowest BCUT2D eigenvalue weighted by Gasteiger charge is -2.46. The molecule has 0 unspecified atom stereocenters. The zero-order valence-electron chi connectivity index (χ0n) is 18.0. The summed E-state index contributed by atoms with van der Waals surface area (Å²) in [6.45, 7) is 3.69. The van der Waals surface area contributed by atoms with Crippen LogP contribution in [0.1, 0.15) is 36.0 Å². The predicted octanol–water partition coefficient (Wildman–Crippen LogP) is 4.98. The molecule has 0 aliphatic carbocycles. The monoisotopic (exact) mass is 475 g/mol. The van der Waals surface area contributed by atoms with E-state index in [4.69, 9.17) is 23.2 Å². The molecule has 1 aromatic heterocycles. The molecule has 1 aromatic carbocycles. The molecule has 0 bridgehead atoms. The number of hydrogen-bond acceptors (Lipinski definition) is 4. The number of benzene rings is 1. The third-order valence-corrected chi connectivity index (χ3v) is 7.05. The van der Waals surface area contributed by atoms with Gasteiger partial charge in [-0.25, -0.2) is 9.78 Å². The molecular formula is C23H27Cl2N5O2. The number of rotatable bonds is 3. The molecule has 4 rings (SSSR count). The third kappa shape index (κ3) is 5.34. The molecule has 9 heteroatoms. The first-order valence-electron chi connectivity index (χ1n) is 10.8. The van der Waals surface area contributed by atoms with Crippen LogP contribution in [0.2, 0.25) is 10.0 Å². The summed E-state index contributed by atoms with van der Waals surface area (Å²) in [7, 11) is 2.16. The maximum atomic E-state index is 13.0. The number of nitrogens with zero attached hydrogens (tertiary/aromatic N) is 3. The van der Waals surface area contributed by atoms with E-state index in [2.05, 4.69) is 27.6 Å². The Balaban J connectivity index is 1.41. The molecular weight excluding hydrogens is 449 g/mol. The first-order chi connectivity index (χ1) is 15.3. The van der Waals surface area contributed by atoms with E-state index in [0.717, 1.165) is 39.0 Å². The SMILES string of the molecule is CN1CCC2(CC1)CCN(C(=O)Nc1ccc(Cl)cc1C(=O)Nc1ccc(Cl)cn1)CC2. The molecule has 2 aromatic rings.